The molecule has 186 valence electrons. The first-order valence-corrected chi connectivity index (χ1v) is 12.5. The average Bonchev–Trinajstić information content (AvgIpc) is 3.61. The SMILES string of the molecule is CC(=O)NCCNc1nc(-c2ccccc2)nc2[nH]c(C(=O)NCc3ccc(-c4csnn4)cc3)cc12. The van der Waals surface area contributed by atoms with Crippen molar-refractivity contribution in [1.29, 1.82) is 0 Å². The van der Waals surface area contributed by atoms with Gasteiger partial charge in [-0.15, -0.1) is 5.10 Å². The number of amides is 2. The molecule has 2 aromatic carbocycles. The fraction of sp³-hybridized carbons (Fsp3) is 0.154. The van der Waals surface area contributed by atoms with Gasteiger partial charge < -0.3 is 20.9 Å². The number of nitrogens with one attached hydrogen (secondary N) is 4. The lowest BCUT2D eigenvalue weighted by Crippen LogP contribution is -2.26. The molecule has 0 aliphatic heterocycles. The summed E-state index contributed by atoms with van der Waals surface area (Å²) in [5.74, 6) is 0.752. The molecule has 3 heterocycles. The van der Waals surface area contributed by atoms with Crippen LogP contribution >= 0.6 is 11.5 Å². The van der Waals surface area contributed by atoms with Crippen molar-refractivity contribution < 1.29 is 9.59 Å². The van der Waals surface area contributed by atoms with E-state index in [0.29, 0.717) is 48.0 Å². The van der Waals surface area contributed by atoms with Crippen molar-refractivity contribution in [3.8, 4) is 22.6 Å². The van der Waals surface area contributed by atoms with Crippen molar-refractivity contribution in [3.05, 3.63) is 77.3 Å². The van der Waals surface area contributed by atoms with Crippen LogP contribution in [0.25, 0.3) is 33.7 Å². The van der Waals surface area contributed by atoms with E-state index in [1.165, 1.54) is 18.5 Å². The number of aromatic nitrogens is 5. The summed E-state index contributed by atoms with van der Waals surface area (Å²) in [5, 5.41) is 15.6. The van der Waals surface area contributed by atoms with Crippen LogP contribution in [0.15, 0.2) is 66.0 Å². The lowest BCUT2D eigenvalue weighted by molar-refractivity contribution is -0.118. The van der Waals surface area contributed by atoms with Crippen molar-refractivity contribution in [2.75, 3.05) is 18.4 Å². The summed E-state index contributed by atoms with van der Waals surface area (Å²) < 4.78 is 3.89. The predicted octanol–water partition coefficient (Wildman–Crippen LogP) is 3.62. The molecule has 3 aromatic heterocycles. The zero-order chi connectivity index (χ0) is 25.6. The zero-order valence-electron chi connectivity index (χ0n) is 20.0. The normalized spacial score (nSPS) is 10.8. The van der Waals surface area contributed by atoms with E-state index in [-0.39, 0.29) is 11.8 Å². The molecule has 4 N–H and O–H groups in total. The maximum atomic E-state index is 13.0. The van der Waals surface area contributed by atoms with Gasteiger partial charge in [0.05, 0.1) is 5.39 Å². The highest BCUT2D eigenvalue weighted by Crippen LogP contribution is 2.26. The van der Waals surface area contributed by atoms with Crippen LogP contribution in [0.2, 0.25) is 0 Å². The molecule has 0 saturated carbocycles. The molecule has 0 aliphatic carbocycles. The van der Waals surface area contributed by atoms with Gasteiger partial charge in [-0.05, 0) is 23.2 Å². The summed E-state index contributed by atoms with van der Waals surface area (Å²) in [6.45, 7) is 2.75. The Labute approximate surface area is 216 Å². The maximum Gasteiger partial charge on any atom is 0.268 e. The summed E-state index contributed by atoms with van der Waals surface area (Å²) >= 11 is 1.31. The van der Waals surface area contributed by atoms with Crippen molar-refractivity contribution in [2.45, 2.75) is 13.5 Å². The van der Waals surface area contributed by atoms with Crippen LogP contribution in [0.3, 0.4) is 0 Å². The molecule has 37 heavy (non-hydrogen) atoms. The maximum absolute atomic E-state index is 13.0. The van der Waals surface area contributed by atoms with Crippen molar-refractivity contribution >= 4 is 40.2 Å². The zero-order valence-corrected chi connectivity index (χ0v) is 20.8. The van der Waals surface area contributed by atoms with Gasteiger partial charge in [-0.2, -0.15) is 0 Å². The van der Waals surface area contributed by atoms with Crippen LogP contribution in [0, 0.1) is 0 Å². The van der Waals surface area contributed by atoms with Gasteiger partial charge in [0.2, 0.25) is 5.91 Å². The van der Waals surface area contributed by atoms with Gasteiger partial charge in [-0.1, -0.05) is 59.1 Å². The number of nitrogens with zero attached hydrogens (tertiary/aromatic N) is 4. The monoisotopic (exact) mass is 512 g/mol. The summed E-state index contributed by atoms with van der Waals surface area (Å²) in [5.41, 5.74) is 4.54. The standard InChI is InChI=1S/C26H24N8O2S/c1-16(35)27-11-12-28-24-20-13-21(30-25(20)32-23(31-24)19-5-3-2-4-6-19)26(36)29-14-17-7-9-18(10-8-17)22-15-37-34-33-22/h2-10,13,15H,11-12,14H2,1H3,(H,27,35)(H,29,36)(H2,28,30,31,32). The molecule has 0 bridgehead atoms. The largest absolute Gasteiger partial charge is 0.368 e. The molecule has 0 spiro atoms. The van der Waals surface area contributed by atoms with Crippen molar-refractivity contribution in [3.63, 3.8) is 0 Å². The topological polar surface area (TPSA) is 138 Å². The molecule has 0 fully saturated rings. The Hall–Kier alpha value is -4.64. The van der Waals surface area contributed by atoms with Crippen LogP contribution < -0.4 is 16.0 Å². The second-order valence-corrected chi connectivity index (χ2v) is 8.90. The van der Waals surface area contributed by atoms with Crippen molar-refractivity contribution in [2.24, 2.45) is 0 Å². The number of H-pyrrole nitrogens is 1. The van der Waals surface area contributed by atoms with E-state index in [2.05, 4.69) is 40.5 Å². The van der Waals surface area contributed by atoms with Gasteiger partial charge in [0, 0.05) is 43.1 Å². The first-order chi connectivity index (χ1) is 18.1. The van der Waals surface area contributed by atoms with Crippen LogP contribution in [0.5, 0.6) is 0 Å². The molecule has 0 unspecified atom stereocenters. The number of benzene rings is 2. The van der Waals surface area contributed by atoms with Crippen LogP contribution in [-0.2, 0) is 11.3 Å². The number of carbonyl (C=O) groups excluding carboxylic acids is 2. The molecule has 5 aromatic rings. The highest BCUT2D eigenvalue weighted by molar-refractivity contribution is 7.03. The quantitative estimate of drug-likeness (QED) is 0.221. The molecule has 5 rings (SSSR count). The van der Waals surface area contributed by atoms with E-state index < -0.39 is 0 Å². The third-order valence-electron chi connectivity index (χ3n) is 5.62. The number of anilines is 1. The number of hydrogen-bond acceptors (Lipinski definition) is 8. The Morgan fingerprint density at radius 2 is 1.76 bits per heavy atom. The molecular weight excluding hydrogens is 488 g/mol. The highest BCUT2D eigenvalue weighted by Gasteiger charge is 2.16. The van der Waals surface area contributed by atoms with Gasteiger partial charge in [-0.25, -0.2) is 9.97 Å². The molecule has 0 aliphatic rings. The molecular formula is C26H24N8O2S. The average molecular weight is 513 g/mol. The first kappa shape index (κ1) is 24.1. The number of rotatable bonds is 9. The molecule has 0 saturated heterocycles. The summed E-state index contributed by atoms with van der Waals surface area (Å²) in [6, 6.07) is 19.2. The number of aromatic amines is 1. The molecule has 2 amide bonds. The summed E-state index contributed by atoms with van der Waals surface area (Å²) in [7, 11) is 0. The second-order valence-electron chi connectivity index (χ2n) is 8.29. The Morgan fingerprint density at radius 1 is 0.946 bits per heavy atom. The van der Waals surface area contributed by atoms with Gasteiger partial charge in [0.15, 0.2) is 5.82 Å². The minimum absolute atomic E-state index is 0.102. The third kappa shape index (κ3) is 5.78. The van der Waals surface area contributed by atoms with Gasteiger partial charge in [-0.3, -0.25) is 9.59 Å². The van der Waals surface area contributed by atoms with E-state index in [9.17, 15) is 9.59 Å². The second kappa shape index (κ2) is 11.0. The molecule has 11 heteroatoms. The number of carbonyl (C=O) groups is 2. The fourth-order valence-electron chi connectivity index (χ4n) is 3.76. The lowest BCUT2D eigenvalue weighted by Gasteiger charge is -2.09. The van der Waals surface area contributed by atoms with E-state index in [1.54, 1.807) is 6.07 Å². The number of fused-ring (bicyclic) bond motifs is 1. The van der Waals surface area contributed by atoms with Crippen LogP contribution in [0.1, 0.15) is 23.0 Å². The Kier molecular flexibility index (Phi) is 7.13. The summed E-state index contributed by atoms with van der Waals surface area (Å²) in [6.07, 6.45) is 0. The van der Waals surface area contributed by atoms with E-state index in [0.717, 1.165) is 22.4 Å². The highest BCUT2D eigenvalue weighted by atomic mass is 32.1. The van der Waals surface area contributed by atoms with Crippen LogP contribution in [0.4, 0.5) is 5.82 Å². The van der Waals surface area contributed by atoms with Crippen molar-refractivity contribution in [1.82, 2.24) is 35.2 Å². The minimum Gasteiger partial charge on any atom is -0.368 e. The smallest absolute Gasteiger partial charge is 0.268 e. The molecule has 0 atom stereocenters. The predicted molar refractivity (Wildman–Crippen MR) is 143 cm³/mol. The Morgan fingerprint density at radius 3 is 2.49 bits per heavy atom. The minimum atomic E-state index is -0.253. The van der Waals surface area contributed by atoms with E-state index in [1.807, 2.05) is 60.0 Å². The fourth-order valence-corrected chi connectivity index (χ4v) is 4.23. The van der Waals surface area contributed by atoms with E-state index in [4.69, 9.17) is 0 Å². The van der Waals surface area contributed by atoms with E-state index >= 15 is 0 Å². The third-order valence-corrected chi connectivity index (χ3v) is 6.12. The van der Waals surface area contributed by atoms with Crippen LogP contribution in [-0.4, -0.2) is 49.4 Å². The lowest BCUT2D eigenvalue weighted by atomic mass is 10.1. The van der Waals surface area contributed by atoms with Gasteiger partial charge in [0.1, 0.15) is 22.9 Å². The van der Waals surface area contributed by atoms with Gasteiger partial charge in [0.25, 0.3) is 5.91 Å². The number of hydrogen-bond donors (Lipinski definition) is 4. The first-order valence-electron chi connectivity index (χ1n) is 11.7. The summed E-state index contributed by atoms with van der Waals surface area (Å²) in [4.78, 5) is 36.6. The molecule has 0 radical (unpaired) electrons. The molecule has 10 nitrogen and oxygen atoms in total. The van der Waals surface area contributed by atoms with Gasteiger partial charge >= 0.3 is 0 Å². The Balaban J connectivity index is 1.34. The Bertz CT molecular complexity index is 1520.